The molecule has 0 amide bonds. The van der Waals surface area contributed by atoms with Crippen molar-refractivity contribution in [2.24, 2.45) is 0 Å². The van der Waals surface area contributed by atoms with Crippen molar-refractivity contribution in [1.29, 1.82) is 0 Å². The van der Waals surface area contributed by atoms with Crippen molar-refractivity contribution in [1.82, 2.24) is 20.4 Å². The summed E-state index contributed by atoms with van der Waals surface area (Å²) in [6, 6.07) is 11.9. The van der Waals surface area contributed by atoms with Gasteiger partial charge in [-0.2, -0.15) is 0 Å². The number of methoxy groups -OCH3 is 1. The van der Waals surface area contributed by atoms with E-state index in [1.807, 2.05) is 43.3 Å². The lowest BCUT2D eigenvalue weighted by atomic mass is 10.1. The molecule has 7 nitrogen and oxygen atoms in total. The Morgan fingerprint density at radius 2 is 1.58 bits per heavy atom. The minimum Gasteiger partial charge on any atom is -0.497 e. The molecule has 26 heavy (non-hydrogen) atoms. The molecule has 134 valence electrons. The average Bonchev–Trinajstić information content (AvgIpc) is 3.15. The lowest BCUT2D eigenvalue weighted by Crippen LogP contribution is -2.46. The zero-order chi connectivity index (χ0) is 17.9. The Bertz CT molecular complexity index is 856. The van der Waals surface area contributed by atoms with Gasteiger partial charge in [0.2, 0.25) is 5.13 Å². The third kappa shape index (κ3) is 3.45. The number of nitrogens with zero attached hydrogens (tertiary/aromatic N) is 6. The Hall–Kier alpha value is -2.74. The van der Waals surface area contributed by atoms with Gasteiger partial charge in [-0.3, -0.25) is 0 Å². The molecule has 0 bridgehead atoms. The summed E-state index contributed by atoms with van der Waals surface area (Å²) in [5.74, 6) is 1.75. The van der Waals surface area contributed by atoms with Gasteiger partial charge < -0.3 is 14.5 Å². The zero-order valence-corrected chi connectivity index (χ0v) is 15.6. The summed E-state index contributed by atoms with van der Waals surface area (Å²) in [5, 5.41) is 19.2. The van der Waals surface area contributed by atoms with Crippen molar-refractivity contribution < 1.29 is 4.74 Å². The topological polar surface area (TPSA) is 67.3 Å². The molecule has 1 saturated heterocycles. The van der Waals surface area contributed by atoms with Crippen LogP contribution in [0.5, 0.6) is 5.75 Å². The SMILES string of the molecule is COc1ccc(-c2ccc(N3CCN(c4nnc(C)s4)CC3)nn2)cc1. The molecule has 1 fully saturated rings. The van der Waals surface area contributed by atoms with Crippen LogP contribution in [0.15, 0.2) is 36.4 Å². The number of benzene rings is 1. The predicted octanol–water partition coefficient (Wildman–Crippen LogP) is 2.64. The van der Waals surface area contributed by atoms with E-state index in [-0.39, 0.29) is 0 Å². The quantitative estimate of drug-likeness (QED) is 0.701. The Morgan fingerprint density at radius 1 is 0.846 bits per heavy atom. The Balaban J connectivity index is 1.41. The van der Waals surface area contributed by atoms with Crippen LogP contribution in [0.1, 0.15) is 5.01 Å². The van der Waals surface area contributed by atoms with E-state index in [2.05, 4.69) is 30.2 Å². The van der Waals surface area contributed by atoms with Crippen LogP contribution < -0.4 is 14.5 Å². The number of ether oxygens (including phenoxy) is 1. The van der Waals surface area contributed by atoms with E-state index in [0.29, 0.717) is 0 Å². The molecule has 0 N–H and O–H groups in total. The van der Waals surface area contributed by atoms with Gasteiger partial charge in [0.1, 0.15) is 10.8 Å². The normalized spacial score (nSPS) is 14.5. The summed E-state index contributed by atoms with van der Waals surface area (Å²) in [6.07, 6.45) is 0. The van der Waals surface area contributed by atoms with Crippen LogP contribution in [0.3, 0.4) is 0 Å². The number of hydrogen-bond acceptors (Lipinski definition) is 8. The second-order valence-corrected chi connectivity index (χ2v) is 7.24. The van der Waals surface area contributed by atoms with Gasteiger partial charge in [0.25, 0.3) is 0 Å². The van der Waals surface area contributed by atoms with Gasteiger partial charge in [-0.05, 0) is 43.3 Å². The first kappa shape index (κ1) is 16.7. The first-order chi connectivity index (χ1) is 12.7. The largest absolute Gasteiger partial charge is 0.497 e. The Labute approximate surface area is 156 Å². The molecule has 4 rings (SSSR count). The lowest BCUT2D eigenvalue weighted by Gasteiger charge is -2.34. The Morgan fingerprint density at radius 3 is 2.15 bits per heavy atom. The van der Waals surface area contributed by atoms with Crippen molar-refractivity contribution >= 4 is 22.3 Å². The van der Waals surface area contributed by atoms with Gasteiger partial charge in [0.05, 0.1) is 12.8 Å². The fourth-order valence-electron chi connectivity index (χ4n) is 2.95. The van der Waals surface area contributed by atoms with E-state index in [1.54, 1.807) is 18.4 Å². The number of aromatic nitrogens is 4. The summed E-state index contributed by atoms with van der Waals surface area (Å²) in [4.78, 5) is 4.54. The molecule has 0 spiro atoms. The van der Waals surface area contributed by atoms with Crippen LogP contribution in [0.4, 0.5) is 10.9 Å². The Kier molecular flexibility index (Phi) is 4.66. The summed E-state index contributed by atoms with van der Waals surface area (Å²) in [7, 11) is 1.66. The first-order valence-electron chi connectivity index (χ1n) is 8.51. The molecule has 0 radical (unpaired) electrons. The van der Waals surface area contributed by atoms with Gasteiger partial charge >= 0.3 is 0 Å². The molecule has 8 heteroatoms. The summed E-state index contributed by atoms with van der Waals surface area (Å²) in [6.45, 7) is 5.61. The molecule has 2 aromatic heterocycles. The monoisotopic (exact) mass is 368 g/mol. The summed E-state index contributed by atoms with van der Waals surface area (Å²) < 4.78 is 5.19. The number of rotatable bonds is 4. The molecule has 0 aliphatic carbocycles. The summed E-state index contributed by atoms with van der Waals surface area (Å²) in [5.41, 5.74) is 1.89. The lowest BCUT2D eigenvalue weighted by molar-refractivity contribution is 0.415. The number of hydrogen-bond donors (Lipinski definition) is 0. The van der Waals surface area contributed by atoms with Gasteiger partial charge in [0.15, 0.2) is 5.82 Å². The summed E-state index contributed by atoms with van der Waals surface area (Å²) >= 11 is 1.64. The number of piperazine rings is 1. The standard InChI is InChI=1S/C18H20N6OS/c1-13-19-22-18(26-13)24-11-9-23(10-12-24)17-8-7-16(20-21-17)14-3-5-15(25-2)6-4-14/h3-8H,9-12H2,1-2H3. The second kappa shape index (κ2) is 7.25. The number of aryl methyl sites for hydroxylation is 1. The van der Waals surface area contributed by atoms with Crippen LogP contribution >= 0.6 is 11.3 Å². The number of anilines is 2. The molecule has 1 aliphatic rings. The van der Waals surface area contributed by atoms with Crippen molar-refractivity contribution in [3.05, 3.63) is 41.4 Å². The average molecular weight is 368 g/mol. The highest BCUT2D eigenvalue weighted by Crippen LogP contribution is 2.24. The van der Waals surface area contributed by atoms with Crippen molar-refractivity contribution in [2.75, 3.05) is 43.1 Å². The van der Waals surface area contributed by atoms with Crippen LogP contribution in [-0.4, -0.2) is 53.7 Å². The maximum absolute atomic E-state index is 5.19. The van der Waals surface area contributed by atoms with Crippen LogP contribution in [0.2, 0.25) is 0 Å². The van der Waals surface area contributed by atoms with Gasteiger partial charge in [-0.25, -0.2) is 0 Å². The molecule has 3 aromatic rings. The molecule has 0 atom stereocenters. The van der Waals surface area contributed by atoms with Gasteiger partial charge in [-0.1, -0.05) is 11.3 Å². The molecular weight excluding hydrogens is 348 g/mol. The molecule has 3 heterocycles. The predicted molar refractivity (Wildman–Crippen MR) is 103 cm³/mol. The minimum absolute atomic E-state index is 0.835. The van der Waals surface area contributed by atoms with Crippen molar-refractivity contribution in [3.8, 4) is 17.0 Å². The highest BCUT2D eigenvalue weighted by atomic mass is 32.1. The van der Waals surface area contributed by atoms with Gasteiger partial charge in [0, 0.05) is 31.7 Å². The smallest absolute Gasteiger partial charge is 0.208 e. The van der Waals surface area contributed by atoms with E-state index in [9.17, 15) is 0 Å². The van der Waals surface area contributed by atoms with Crippen molar-refractivity contribution in [2.45, 2.75) is 6.92 Å². The molecule has 1 aromatic carbocycles. The molecule has 0 unspecified atom stereocenters. The highest BCUT2D eigenvalue weighted by molar-refractivity contribution is 7.15. The fourth-order valence-corrected chi connectivity index (χ4v) is 3.69. The molecule has 1 aliphatic heterocycles. The second-order valence-electron chi connectivity index (χ2n) is 6.08. The maximum Gasteiger partial charge on any atom is 0.208 e. The van der Waals surface area contributed by atoms with E-state index in [0.717, 1.165) is 59.1 Å². The van der Waals surface area contributed by atoms with E-state index in [1.165, 1.54) is 0 Å². The highest BCUT2D eigenvalue weighted by Gasteiger charge is 2.20. The fraction of sp³-hybridized carbons (Fsp3) is 0.333. The third-order valence-corrected chi connectivity index (χ3v) is 5.33. The van der Waals surface area contributed by atoms with Crippen LogP contribution in [0.25, 0.3) is 11.3 Å². The van der Waals surface area contributed by atoms with Gasteiger partial charge in [-0.15, -0.1) is 20.4 Å². The van der Waals surface area contributed by atoms with E-state index in [4.69, 9.17) is 4.74 Å². The van der Waals surface area contributed by atoms with Crippen LogP contribution in [-0.2, 0) is 0 Å². The zero-order valence-electron chi connectivity index (χ0n) is 14.8. The molecule has 0 saturated carbocycles. The van der Waals surface area contributed by atoms with E-state index < -0.39 is 0 Å². The first-order valence-corrected chi connectivity index (χ1v) is 9.33. The van der Waals surface area contributed by atoms with Crippen LogP contribution in [0, 0.1) is 6.92 Å². The van der Waals surface area contributed by atoms with E-state index >= 15 is 0 Å². The third-order valence-electron chi connectivity index (χ3n) is 4.43. The van der Waals surface area contributed by atoms with Crippen molar-refractivity contribution in [3.63, 3.8) is 0 Å². The minimum atomic E-state index is 0.835. The maximum atomic E-state index is 5.19. The molecular formula is C18H20N6OS.